The van der Waals surface area contributed by atoms with Crippen LogP contribution in [0.15, 0.2) is 48.5 Å². The molecule has 0 aromatic heterocycles. The highest BCUT2D eigenvalue weighted by Crippen LogP contribution is 2.41. The lowest BCUT2D eigenvalue weighted by Gasteiger charge is -2.41. The van der Waals surface area contributed by atoms with E-state index in [1.54, 1.807) is 0 Å². The molecule has 0 radical (unpaired) electrons. The quantitative estimate of drug-likeness (QED) is 0.813. The maximum absolute atomic E-state index is 6.15. The van der Waals surface area contributed by atoms with E-state index in [1.165, 1.54) is 12.0 Å². The van der Waals surface area contributed by atoms with E-state index in [9.17, 15) is 0 Å². The van der Waals surface area contributed by atoms with Gasteiger partial charge in [0.15, 0.2) is 0 Å². The highest BCUT2D eigenvalue weighted by atomic mass is 35.5. The molecule has 0 amide bonds. The van der Waals surface area contributed by atoms with Crippen LogP contribution in [-0.2, 0) is 0 Å². The predicted molar refractivity (Wildman–Crippen MR) is 86.3 cm³/mol. The van der Waals surface area contributed by atoms with Gasteiger partial charge in [-0.05, 0) is 48.9 Å². The average molecular weight is 300 g/mol. The number of nitrogens with one attached hydrogen (secondary N) is 1. The summed E-state index contributed by atoms with van der Waals surface area (Å²) < 4.78 is 6.15. The van der Waals surface area contributed by atoms with Crippen molar-refractivity contribution in [1.29, 1.82) is 0 Å². The summed E-state index contributed by atoms with van der Waals surface area (Å²) in [6.45, 7) is 0. The number of halogens is 1. The van der Waals surface area contributed by atoms with Gasteiger partial charge >= 0.3 is 0 Å². The summed E-state index contributed by atoms with van der Waals surface area (Å²) in [4.78, 5) is 0. The number of benzene rings is 2. The van der Waals surface area contributed by atoms with Gasteiger partial charge in [-0.15, -0.1) is 0 Å². The van der Waals surface area contributed by atoms with Crippen LogP contribution in [0.2, 0.25) is 5.02 Å². The summed E-state index contributed by atoms with van der Waals surface area (Å²) in [5.41, 5.74) is 2.46. The molecule has 1 heterocycles. The van der Waals surface area contributed by atoms with E-state index in [-0.39, 0.29) is 6.10 Å². The van der Waals surface area contributed by atoms with Crippen LogP contribution < -0.4 is 10.1 Å². The monoisotopic (exact) mass is 299 g/mol. The van der Waals surface area contributed by atoms with Gasteiger partial charge in [-0.3, -0.25) is 0 Å². The molecule has 0 saturated heterocycles. The largest absolute Gasteiger partial charge is 0.486 e. The fourth-order valence-electron chi connectivity index (χ4n) is 3.54. The standard InChI is InChI=1S/C18H18ClNO/c19-14-7-9-18-16(11-14)20-15-10-13(6-8-17(15)21-18)12-4-2-1-3-5-12/h1-5,7,9,11,13,15,17,20H,6,8,10H2. The second-order valence-electron chi connectivity index (χ2n) is 5.97. The first-order valence-electron chi connectivity index (χ1n) is 7.57. The summed E-state index contributed by atoms with van der Waals surface area (Å²) in [5, 5.41) is 4.38. The van der Waals surface area contributed by atoms with Gasteiger partial charge in [0.2, 0.25) is 0 Å². The van der Waals surface area contributed by atoms with E-state index >= 15 is 0 Å². The highest BCUT2D eigenvalue weighted by molar-refractivity contribution is 6.30. The molecule has 3 unspecified atom stereocenters. The van der Waals surface area contributed by atoms with Gasteiger partial charge in [-0.25, -0.2) is 0 Å². The van der Waals surface area contributed by atoms with Crippen LogP contribution in [0.3, 0.4) is 0 Å². The molecule has 3 heteroatoms. The summed E-state index contributed by atoms with van der Waals surface area (Å²) in [6, 6.07) is 17.0. The number of rotatable bonds is 1. The molecule has 1 N–H and O–H groups in total. The number of anilines is 1. The summed E-state index contributed by atoms with van der Waals surface area (Å²) in [7, 11) is 0. The van der Waals surface area contributed by atoms with Crippen molar-refractivity contribution < 1.29 is 4.74 Å². The van der Waals surface area contributed by atoms with Crippen molar-refractivity contribution in [3.63, 3.8) is 0 Å². The lowest BCUT2D eigenvalue weighted by molar-refractivity contribution is 0.123. The van der Waals surface area contributed by atoms with Crippen LogP contribution >= 0.6 is 11.6 Å². The lowest BCUT2D eigenvalue weighted by Crippen LogP contribution is -2.45. The maximum atomic E-state index is 6.15. The van der Waals surface area contributed by atoms with E-state index < -0.39 is 0 Å². The Morgan fingerprint density at radius 2 is 1.90 bits per heavy atom. The van der Waals surface area contributed by atoms with Crippen LogP contribution in [0.1, 0.15) is 30.7 Å². The van der Waals surface area contributed by atoms with Gasteiger partial charge in [0, 0.05) is 5.02 Å². The lowest BCUT2D eigenvalue weighted by atomic mass is 9.79. The van der Waals surface area contributed by atoms with Gasteiger partial charge in [0.25, 0.3) is 0 Å². The Balaban J connectivity index is 1.56. The second-order valence-corrected chi connectivity index (χ2v) is 6.40. The summed E-state index contributed by atoms with van der Waals surface area (Å²) >= 11 is 6.08. The number of fused-ring (bicyclic) bond motifs is 2. The van der Waals surface area contributed by atoms with E-state index in [0.717, 1.165) is 29.3 Å². The molecule has 1 aliphatic carbocycles. The van der Waals surface area contributed by atoms with Crippen molar-refractivity contribution in [2.24, 2.45) is 0 Å². The number of hydrogen-bond donors (Lipinski definition) is 1. The van der Waals surface area contributed by atoms with Crippen LogP contribution in [0.4, 0.5) is 5.69 Å². The molecule has 0 bridgehead atoms. The zero-order valence-electron chi connectivity index (χ0n) is 11.8. The topological polar surface area (TPSA) is 21.3 Å². The zero-order valence-corrected chi connectivity index (χ0v) is 12.5. The minimum absolute atomic E-state index is 0.277. The molecule has 1 fully saturated rings. The van der Waals surface area contributed by atoms with Crippen molar-refractivity contribution in [3.8, 4) is 5.75 Å². The van der Waals surface area contributed by atoms with Crippen molar-refractivity contribution >= 4 is 17.3 Å². The molecule has 2 aliphatic rings. The molecule has 3 atom stereocenters. The normalized spacial score (nSPS) is 27.0. The fourth-order valence-corrected chi connectivity index (χ4v) is 3.72. The van der Waals surface area contributed by atoms with Crippen LogP contribution in [0.5, 0.6) is 5.75 Å². The zero-order chi connectivity index (χ0) is 14.2. The first-order valence-corrected chi connectivity index (χ1v) is 7.95. The smallest absolute Gasteiger partial charge is 0.143 e. The number of ether oxygens (including phenoxy) is 1. The Labute approximate surface area is 130 Å². The van der Waals surface area contributed by atoms with Crippen molar-refractivity contribution in [2.45, 2.75) is 37.3 Å². The van der Waals surface area contributed by atoms with Crippen LogP contribution in [0.25, 0.3) is 0 Å². The minimum Gasteiger partial charge on any atom is -0.486 e. The molecular formula is C18H18ClNO. The molecule has 1 saturated carbocycles. The number of hydrogen-bond acceptors (Lipinski definition) is 2. The van der Waals surface area contributed by atoms with E-state index in [4.69, 9.17) is 16.3 Å². The Bertz CT molecular complexity index is 643. The third kappa shape index (κ3) is 2.49. The minimum atomic E-state index is 0.277. The predicted octanol–water partition coefficient (Wildman–Crippen LogP) is 4.85. The van der Waals surface area contributed by atoms with Gasteiger partial charge in [0.1, 0.15) is 11.9 Å². The van der Waals surface area contributed by atoms with E-state index in [1.807, 2.05) is 18.2 Å². The van der Waals surface area contributed by atoms with Crippen molar-refractivity contribution in [1.82, 2.24) is 0 Å². The Kier molecular flexibility index (Phi) is 3.27. The molecule has 108 valence electrons. The van der Waals surface area contributed by atoms with Crippen molar-refractivity contribution in [3.05, 3.63) is 59.1 Å². The van der Waals surface area contributed by atoms with E-state index in [0.29, 0.717) is 12.0 Å². The third-order valence-corrected chi connectivity index (χ3v) is 4.85. The molecule has 2 aromatic carbocycles. The molecule has 1 aliphatic heterocycles. The first-order chi connectivity index (χ1) is 10.3. The molecule has 21 heavy (non-hydrogen) atoms. The Morgan fingerprint density at radius 1 is 1.05 bits per heavy atom. The summed E-state index contributed by atoms with van der Waals surface area (Å²) in [6.07, 6.45) is 3.68. The molecule has 2 nitrogen and oxygen atoms in total. The molecular weight excluding hydrogens is 282 g/mol. The first kappa shape index (κ1) is 13.0. The van der Waals surface area contributed by atoms with Gasteiger partial charge in [-0.2, -0.15) is 0 Å². The Morgan fingerprint density at radius 3 is 2.76 bits per heavy atom. The highest BCUT2D eigenvalue weighted by Gasteiger charge is 2.36. The SMILES string of the molecule is Clc1ccc2c(c1)NC1CC(c3ccccc3)CCC1O2. The molecule has 2 aromatic rings. The van der Waals surface area contributed by atoms with Gasteiger partial charge in [-0.1, -0.05) is 41.9 Å². The second kappa shape index (κ2) is 5.27. The fraction of sp³-hybridized carbons (Fsp3) is 0.333. The average Bonchev–Trinajstić information content (AvgIpc) is 2.53. The molecule has 4 rings (SSSR count). The van der Waals surface area contributed by atoms with Gasteiger partial charge < -0.3 is 10.1 Å². The van der Waals surface area contributed by atoms with Crippen LogP contribution in [0, 0.1) is 0 Å². The third-order valence-electron chi connectivity index (χ3n) is 4.62. The van der Waals surface area contributed by atoms with E-state index in [2.05, 4.69) is 35.6 Å². The molecule has 0 spiro atoms. The van der Waals surface area contributed by atoms with Gasteiger partial charge in [0.05, 0.1) is 11.7 Å². The van der Waals surface area contributed by atoms with Crippen molar-refractivity contribution in [2.75, 3.05) is 5.32 Å². The maximum Gasteiger partial charge on any atom is 0.143 e. The van der Waals surface area contributed by atoms with Crippen LogP contribution in [-0.4, -0.2) is 12.1 Å². The Hall–Kier alpha value is -1.67. The summed E-state index contributed by atoms with van der Waals surface area (Å²) in [5.74, 6) is 1.54.